The maximum atomic E-state index is 10.7. The third-order valence-corrected chi connectivity index (χ3v) is 2.85. The maximum Gasteiger partial charge on any atom is 0.169 e. The van der Waals surface area contributed by atoms with Gasteiger partial charge in [-0.25, -0.2) is 4.98 Å². The Morgan fingerprint density at radius 3 is 2.71 bits per heavy atom. The number of carbonyl (C=O) groups is 1. The molecule has 2 aromatic heterocycles. The first-order valence-electron chi connectivity index (χ1n) is 4.14. The average molecular weight is 204 g/mol. The van der Waals surface area contributed by atoms with E-state index in [2.05, 4.69) is 9.97 Å². The minimum atomic E-state index is 0.513. The SMILES string of the molecule is Cc1nc(C=O)c(-c2ccncc2)s1. The van der Waals surface area contributed by atoms with E-state index in [-0.39, 0.29) is 0 Å². The largest absolute Gasteiger partial charge is 0.296 e. The summed E-state index contributed by atoms with van der Waals surface area (Å²) in [5.74, 6) is 0. The quantitative estimate of drug-likeness (QED) is 0.705. The highest BCUT2D eigenvalue weighted by Gasteiger charge is 2.09. The van der Waals surface area contributed by atoms with Gasteiger partial charge < -0.3 is 0 Å². The molecule has 0 atom stereocenters. The Morgan fingerprint density at radius 2 is 2.07 bits per heavy atom. The lowest BCUT2D eigenvalue weighted by Crippen LogP contribution is -1.83. The van der Waals surface area contributed by atoms with Crippen LogP contribution in [0.25, 0.3) is 10.4 Å². The highest BCUT2D eigenvalue weighted by molar-refractivity contribution is 7.15. The van der Waals surface area contributed by atoms with Crippen LogP contribution in [0.1, 0.15) is 15.5 Å². The molecule has 0 N–H and O–H groups in total. The lowest BCUT2D eigenvalue weighted by molar-refractivity contribution is 0.112. The smallest absolute Gasteiger partial charge is 0.169 e. The summed E-state index contributed by atoms with van der Waals surface area (Å²) in [7, 11) is 0. The van der Waals surface area contributed by atoms with Gasteiger partial charge in [0.15, 0.2) is 6.29 Å². The van der Waals surface area contributed by atoms with Crippen LogP contribution in [0.2, 0.25) is 0 Å². The zero-order valence-electron chi connectivity index (χ0n) is 7.60. The second-order valence-electron chi connectivity index (χ2n) is 2.80. The third-order valence-electron chi connectivity index (χ3n) is 1.81. The summed E-state index contributed by atoms with van der Waals surface area (Å²) in [6.45, 7) is 1.89. The molecule has 3 nitrogen and oxygen atoms in total. The molecule has 0 radical (unpaired) electrons. The zero-order chi connectivity index (χ0) is 9.97. The normalized spacial score (nSPS) is 10.1. The van der Waals surface area contributed by atoms with Crippen molar-refractivity contribution in [1.82, 2.24) is 9.97 Å². The Kier molecular flexibility index (Phi) is 2.37. The Labute approximate surface area is 85.5 Å². The van der Waals surface area contributed by atoms with Crippen LogP contribution in [0.5, 0.6) is 0 Å². The summed E-state index contributed by atoms with van der Waals surface area (Å²) in [5, 5.41) is 0.902. The number of hydrogen-bond acceptors (Lipinski definition) is 4. The van der Waals surface area contributed by atoms with Crippen molar-refractivity contribution in [2.75, 3.05) is 0 Å². The van der Waals surface area contributed by atoms with Crippen molar-refractivity contribution < 1.29 is 4.79 Å². The first-order valence-corrected chi connectivity index (χ1v) is 4.96. The second-order valence-corrected chi connectivity index (χ2v) is 4.00. The first kappa shape index (κ1) is 9.02. The predicted octanol–water partition coefficient (Wildman–Crippen LogP) is 2.33. The summed E-state index contributed by atoms with van der Waals surface area (Å²) >= 11 is 1.52. The van der Waals surface area contributed by atoms with E-state index in [1.807, 2.05) is 19.1 Å². The van der Waals surface area contributed by atoms with Gasteiger partial charge in [-0.15, -0.1) is 11.3 Å². The number of rotatable bonds is 2. The van der Waals surface area contributed by atoms with E-state index in [9.17, 15) is 4.79 Å². The molecule has 4 heteroatoms. The molecule has 0 unspecified atom stereocenters. The molecule has 0 bridgehead atoms. The predicted molar refractivity (Wildman–Crippen MR) is 55.5 cm³/mol. The van der Waals surface area contributed by atoms with Crippen LogP contribution in [0, 0.1) is 6.92 Å². The van der Waals surface area contributed by atoms with Gasteiger partial charge in [0, 0.05) is 12.4 Å². The lowest BCUT2D eigenvalue weighted by Gasteiger charge is -1.95. The summed E-state index contributed by atoms with van der Waals surface area (Å²) in [5.41, 5.74) is 1.51. The summed E-state index contributed by atoms with van der Waals surface area (Å²) in [6, 6.07) is 3.75. The Bertz CT molecular complexity index is 450. The van der Waals surface area contributed by atoms with Crippen molar-refractivity contribution in [3.8, 4) is 10.4 Å². The van der Waals surface area contributed by atoms with E-state index in [4.69, 9.17) is 0 Å². The summed E-state index contributed by atoms with van der Waals surface area (Å²) in [4.78, 5) is 19.7. The molecule has 0 saturated carbocycles. The van der Waals surface area contributed by atoms with Crippen molar-refractivity contribution >= 4 is 17.6 Å². The van der Waals surface area contributed by atoms with E-state index in [1.165, 1.54) is 11.3 Å². The van der Waals surface area contributed by atoms with Gasteiger partial charge in [0.05, 0.1) is 9.88 Å². The van der Waals surface area contributed by atoms with Gasteiger partial charge in [0.25, 0.3) is 0 Å². The number of aryl methyl sites for hydroxylation is 1. The highest BCUT2D eigenvalue weighted by atomic mass is 32.1. The maximum absolute atomic E-state index is 10.7. The van der Waals surface area contributed by atoms with Crippen LogP contribution in [-0.4, -0.2) is 16.3 Å². The molecule has 0 amide bonds. The van der Waals surface area contributed by atoms with E-state index >= 15 is 0 Å². The average Bonchev–Trinajstić information content (AvgIpc) is 2.61. The minimum Gasteiger partial charge on any atom is -0.296 e. The molecule has 0 aromatic carbocycles. The fraction of sp³-hybridized carbons (Fsp3) is 0.100. The Morgan fingerprint density at radius 1 is 1.36 bits per heavy atom. The zero-order valence-corrected chi connectivity index (χ0v) is 8.41. The fourth-order valence-corrected chi connectivity index (χ4v) is 2.12. The van der Waals surface area contributed by atoms with E-state index < -0.39 is 0 Å². The van der Waals surface area contributed by atoms with Crippen LogP contribution in [-0.2, 0) is 0 Å². The minimum absolute atomic E-state index is 0.513. The Hall–Kier alpha value is -1.55. The molecule has 2 heterocycles. The van der Waals surface area contributed by atoms with Crippen LogP contribution in [0.3, 0.4) is 0 Å². The molecular formula is C10H8N2OS. The topological polar surface area (TPSA) is 42.9 Å². The fourth-order valence-electron chi connectivity index (χ4n) is 1.23. The van der Waals surface area contributed by atoms with Crippen molar-refractivity contribution in [1.29, 1.82) is 0 Å². The molecule has 70 valence electrons. The van der Waals surface area contributed by atoms with E-state index in [1.54, 1.807) is 12.4 Å². The number of thiazole rings is 1. The number of aromatic nitrogens is 2. The first-order chi connectivity index (χ1) is 6.81. The molecule has 2 rings (SSSR count). The lowest BCUT2D eigenvalue weighted by atomic mass is 10.2. The van der Waals surface area contributed by atoms with E-state index in [0.29, 0.717) is 5.69 Å². The van der Waals surface area contributed by atoms with Crippen molar-refractivity contribution in [3.05, 3.63) is 35.2 Å². The molecule has 2 aromatic rings. The monoisotopic (exact) mass is 204 g/mol. The molecule has 0 saturated heterocycles. The standard InChI is InChI=1S/C10H8N2OS/c1-7-12-9(6-13)10(14-7)8-2-4-11-5-3-8/h2-6H,1H3. The van der Waals surface area contributed by atoms with Crippen LogP contribution in [0.15, 0.2) is 24.5 Å². The van der Waals surface area contributed by atoms with Gasteiger partial charge in [-0.2, -0.15) is 0 Å². The van der Waals surface area contributed by atoms with Crippen molar-refractivity contribution in [2.45, 2.75) is 6.92 Å². The van der Waals surface area contributed by atoms with Crippen LogP contribution in [0.4, 0.5) is 0 Å². The molecule has 14 heavy (non-hydrogen) atoms. The summed E-state index contributed by atoms with van der Waals surface area (Å²) < 4.78 is 0. The molecule has 0 spiro atoms. The highest BCUT2D eigenvalue weighted by Crippen LogP contribution is 2.28. The van der Waals surface area contributed by atoms with Crippen LogP contribution >= 0.6 is 11.3 Å². The molecular weight excluding hydrogens is 196 g/mol. The number of hydrogen-bond donors (Lipinski definition) is 0. The van der Waals surface area contributed by atoms with Gasteiger partial charge >= 0.3 is 0 Å². The number of carbonyl (C=O) groups excluding carboxylic acids is 1. The molecule has 0 aliphatic heterocycles. The van der Waals surface area contributed by atoms with Gasteiger partial charge in [-0.1, -0.05) is 0 Å². The van der Waals surface area contributed by atoms with E-state index in [0.717, 1.165) is 21.7 Å². The number of nitrogens with zero attached hydrogens (tertiary/aromatic N) is 2. The summed E-state index contributed by atoms with van der Waals surface area (Å²) in [6.07, 6.45) is 4.21. The molecule has 0 aliphatic rings. The second kappa shape index (κ2) is 3.67. The molecule has 0 fully saturated rings. The third kappa shape index (κ3) is 1.56. The number of aldehydes is 1. The van der Waals surface area contributed by atoms with Gasteiger partial charge in [0.1, 0.15) is 5.69 Å². The van der Waals surface area contributed by atoms with Gasteiger partial charge in [-0.3, -0.25) is 9.78 Å². The van der Waals surface area contributed by atoms with Crippen LogP contribution < -0.4 is 0 Å². The van der Waals surface area contributed by atoms with Gasteiger partial charge in [0.2, 0.25) is 0 Å². The Balaban J connectivity index is 2.56. The number of pyridine rings is 1. The molecule has 0 aliphatic carbocycles. The van der Waals surface area contributed by atoms with Crippen molar-refractivity contribution in [2.24, 2.45) is 0 Å². The van der Waals surface area contributed by atoms with Gasteiger partial charge in [-0.05, 0) is 24.6 Å². The van der Waals surface area contributed by atoms with Crippen molar-refractivity contribution in [3.63, 3.8) is 0 Å².